The summed E-state index contributed by atoms with van der Waals surface area (Å²) in [7, 11) is 1.78. The fraction of sp³-hybridized carbons (Fsp3) is 0.143. The van der Waals surface area contributed by atoms with Crippen molar-refractivity contribution >= 4 is 39.7 Å². The lowest BCUT2D eigenvalue weighted by molar-refractivity contribution is -0.137. The van der Waals surface area contributed by atoms with E-state index in [1.807, 2.05) is 30.3 Å². The number of halogens is 3. The minimum Gasteiger partial charge on any atom is -0.388 e. The largest absolute Gasteiger partial charge is 0.416 e. The molecule has 0 unspecified atom stereocenters. The Hall–Kier alpha value is -4.11. The summed E-state index contributed by atoms with van der Waals surface area (Å²) in [5, 5.41) is 3.00. The van der Waals surface area contributed by atoms with Gasteiger partial charge in [-0.3, -0.25) is 4.79 Å². The van der Waals surface area contributed by atoms with Crippen LogP contribution in [-0.4, -0.2) is 29.5 Å². The topological polar surface area (TPSA) is 61.0 Å². The van der Waals surface area contributed by atoms with Gasteiger partial charge in [-0.15, -0.1) is 11.3 Å². The van der Waals surface area contributed by atoms with Crippen LogP contribution in [0.4, 0.5) is 24.5 Å². The highest BCUT2D eigenvalue weighted by Gasteiger charge is 2.34. The van der Waals surface area contributed by atoms with Crippen molar-refractivity contribution in [1.82, 2.24) is 9.97 Å². The first-order valence-corrected chi connectivity index (χ1v) is 12.5. The van der Waals surface area contributed by atoms with E-state index in [-0.39, 0.29) is 18.1 Å². The van der Waals surface area contributed by atoms with Gasteiger partial charge in [0.2, 0.25) is 0 Å². The van der Waals surface area contributed by atoms with Crippen molar-refractivity contribution in [2.75, 3.05) is 23.8 Å². The number of hydrogen-bond acceptors (Lipinski definition) is 4. The van der Waals surface area contributed by atoms with Crippen LogP contribution in [0.1, 0.15) is 21.5 Å². The average molecular weight is 519 g/mol. The van der Waals surface area contributed by atoms with Crippen LogP contribution in [0.3, 0.4) is 0 Å². The van der Waals surface area contributed by atoms with Gasteiger partial charge in [-0.2, -0.15) is 13.2 Å². The van der Waals surface area contributed by atoms with Gasteiger partial charge in [-0.25, -0.2) is 4.98 Å². The predicted molar refractivity (Wildman–Crippen MR) is 141 cm³/mol. The average Bonchev–Trinajstić information content (AvgIpc) is 3.49. The Morgan fingerprint density at radius 3 is 2.57 bits per heavy atom. The number of benzene rings is 3. The zero-order valence-corrected chi connectivity index (χ0v) is 20.5. The fourth-order valence-corrected chi connectivity index (χ4v) is 5.84. The maximum atomic E-state index is 13.7. The van der Waals surface area contributed by atoms with E-state index in [2.05, 4.69) is 15.3 Å². The number of nitrogens with zero attached hydrogens (tertiary/aromatic N) is 2. The summed E-state index contributed by atoms with van der Waals surface area (Å²) in [5.74, 6) is 0.376. The van der Waals surface area contributed by atoms with Crippen molar-refractivity contribution in [1.29, 1.82) is 0 Å². The molecule has 0 spiro atoms. The highest BCUT2D eigenvalue weighted by atomic mass is 32.1. The molecule has 5 aromatic rings. The molecule has 0 radical (unpaired) electrons. The molecule has 1 aliphatic rings. The Balaban J connectivity index is 1.46. The molecule has 5 nitrogen and oxygen atoms in total. The Morgan fingerprint density at radius 2 is 1.84 bits per heavy atom. The molecule has 37 heavy (non-hydrogen) atoms. The third-order valence-electron chi connectivity index (χ3n) is 6.56. The second-order valence-corrected chi connectivity index (χ2v) is 9.88. The number of amides is 1. The molecule has 1 aliphatic heterocycles. The number of carbonyl (C=O) groups is 1. The zero-order valence-electron chi connectivity index (χ0n) is 19.7. The summed E-state index contributed by atoms with van der Waals surface area (Å²) < 4.78 is 41.1. The van der Waals surface area contributed by atoms with E-state index < -0.39 is 11.7 Å². The van der Waals surface area contributed by atoms with Crippen LogP contribution in [0.25, 0.3) is 32.2 Å². The quantitative estimate of drug-likeness (QED) is 0.265. The van der Waals surface area contributed by atoms with Crippen molar-refractivity contribution in [2.24, 2.45) is 0 Å². The minimum atomic E-state index is -4.53. The summed E-state index contributed by atoms with van der Waals surface area (Å²) in [6.45, 7) is 0.254. The van der Waals surface area contributed by atoms with E-state index in [9.17, 15) is 18.0 Å². The van der Waals surface area contributed by atoms with E-state index in [1.54, 1.807) is 31.3 Å². The third-order valence-corrected chi connectivity index (χ3v) is 7.78. The van der Waals surface area contributed by atoms with Gasteiger partial charge in [0.1, 0.15) is 5.82 Å². The first-order chi connectivity index (χ1) is 17.8. The van der Waals surface area contributed by atoms with E-state index in [1.165, 1.54) is 22.3 Å². The summed E-state index contributed by atoms with van der Waals surface area (Å²) in [4.78, 5) is 24.8. The summed E-state index contributed by atoms with van der Waals surface area (Å²) in [6, 6.07) is 20.3. The highest BCUT2D eigenvalue weighted by Crippen LogP contribution is 2.46. The number of rotatable bonds is 3. The third kappa shape index (κ3) is 4.15. The number of fused-ring (bicyclic) bond motifs is 4. The number of H-pyrrole nitrogens is 1. The number of thiophene rings is 1. The van der Waals surface area contributed by atoms with Crippen LogP contribution >= 0.6 is 11.3 Å². The standard InChI is InChI=1S/C28H21F3N4OS/c1-32-19-9-6-16(7-10-19)27(36)35-13-12-17-14-24(26-33-21-4-2-3-5-22(21)34-26)37-25(17)20-11-8-18(15-23(20)35)28(29,30)31/h2-11,14-15,32H,12-13H2,1H3,(H,33,34). The lowest BCUT2D eigenvalue weighted by Gasteiger charge is -2.24. The smallest absolute Gasteiger partial charge is 0.388 e. The predicted octanol–water partition coefficient (Wildman–Crippen LogP) is 7.22. The summed E-state index contributed by atoms with van der Waals surface area (Å²) in [6.07, 6.45) is -4.02. The van der Waals surface area contributed by atoms with E-state index in [4.69, 9.17) is 0 Å². The Kier molecular flexibility index (Phi) is 5.52. The lowest BCUT2D eigenvalue weighted by Crippen LogP contribution is -2.32. The van der Waals surface area contributed by atoms with Gasteiger partial charge in [-0.1, -0.05) is 18.2 Å². The first-order valence-electron chi connectivity index (χ1n) is 11.7. The Labute approximate surface area is 214 Å². The molecule has 1 amide bonds. The number of nitrogens with one attached hydrogen (secondary N) is 2. The Bertz CT molecular complexity index is 1600. The normalized spacial score (nSPS) is 13.2. The van der Waals surface area contributed by atoms with Crippen LogP contribution in [0.15, 0.2) is 72.8 Å². The zero-order chi connectivity index (χ0) is 25.7. The summed E-state index contributed by atoms with van der Waals surface area (Å²) in [5.41, 5.74) is 4.06. The molecule has 0 bridgehead atoms. The van der Waals surface area contributed by atoms with Crippen molar-refractivity contribution < 1.29 is 18.0 Å². The SMILES string of the molecule is CNc1ccc(C(=O)N2CCc3cc(-c4nc5ccccc5[nH]4)sc3-c3ccc(C(F)(F)F)cc32)cc1. The molecule has 0 saturated carbocycles. The Morgan fingerprint density at radius 1 is 1.05 bits per heavy atom. The molecule has 0 saturated heterocycles. The van der Waals surface area contributed by atoms with Crippen LogP contribution in [0.5, 0.6) is 0 Å². The second-order valence-electron chi connectivity index (χ2n) is 8.83. The van der Waals surface area contributed by atoms with Crippen LogP contribution in [0, 0.1) is 0 Å². The molecule has 0 aliphatic carbocycles. The number of aromatic nitrogens is 2. The summed E-state index contributed by atoms with van der Waals surface area (Å²) >= 11 is 1.47. The van der Waals surface area contributed by atoms with Gasteiger partial charge in [0.05, 0.1) is 27.2 Å². The minimum absolute atomic E-state index is 0.254. The van der Waals surface area contributed by atoms with Gasteiger partial charge in [-0.05, 0) is 66.6 Å². The maximum absolute atomic E-state index is 13.7. The second kappa shape index (κ2) is 8.77. The number of carbonyl (C=O) groups excluding carboxylic acids is 1. The number of imidazole rings is 1. The van der Waals surface area contributed by atoms with E-state index in [0.717, 1.165) is 44.2 Å². The molecule has 3 aromatic carbocycles. The van der Waals surface area contributed by atoms with Crippen molar-refractivity contribution in [3.63, 3.8) is 0 Å². The molecule has 2 N–H and O–H groups in total. The maximum Gasteiger partial charge on any atom is 0.416 e. The molecular formula is C28H21F3N4OS. The van der Waals surface area contributed by atoms with E-state index in [0.29, 0.717) is 23.4 Å². The molecule has 3 heterocycles. The molecule has 0 fully saturated rings. The van der Waals surface area contributed by atoms with E-state index >= 15 is 0 Å². The monoisotopic (exact) mass is 518 g/mol. The van der Waals surface area contributed by atoms with Gasteiger partial charge >= 0.3 is 6.18 Å². The molecule has 0 atom stereocenters. The number of alkyl halides is 3. The van der Waals surface area contributed by atoms with Crippen molar-refractivity contribution in [3.8, 4) is 21.1 Å². The lowest BCUT2D eigenvalue weighted by atomic mass is 10.0. The van der Waals surface area contributed by atoms with Crippen LogP contribution in [-0.2, 0) is 12.6 Å². The molecule has 9 heteroatoms. The van der Waals surface area contributed by atoms with Gasteiger partial charge in [0, 0.05) is 35.3 Å². The number of hydrogen-bond donors (Lipinski definition) is 2. The van der Waals surface area contributed by atoms with Crippen molar-refractivity contribution in [2.45, 2.75) is 12.6 Å². The number of anilines is 2. The van der Waals surface area contributed by atoms with Gasteiger partial charge < -0.3 is 15.2 Å². The molecule has 6 rings (SSSR count). The van der Waals surface area contributed by atoms with Gasteiger partial charge in [0.25, 0.3) is 5.91 Å². The van der Waals surface area contributed by atoms with Crippen LogP contribution in [0.2, 0.25) is 0 Å². The fourth-order valence-electron chi connectivity index (χ4n) is 4.65. The molecule has 2 aromatic heterocycles. The molecular weight excluding hydrogens is 497 g/mol. The number of para-hydroxylation sites is 2. The highest BCUT2D eigenvalue weighted by molar-refractivity contribution is 7.19. The van der Waals surface area contributed by atoms with Gasteiger partial charge in [0.15, 0.2) is 0 Å². The van der Waals surface area contributed by atoms with Crippen LogP contribution < -0.4 is 10.2 Å². The first kappa shape index (κ1) is 23.3. The van der Waals surface area contributed by atoms with Crippen molar-refractivity contribution in [3.05, 3.63) is 89.5 Å². The number of aromatic amines is 1. The molecule has 186 valence electrons.